The average molecular weight is 234 g/mol. The monoisotopic (exact) mass is 234 g/mol. The third-order valence-corrected chi connectivity index (χ3v) is 3.96. The molecule has 0 fully saturated rings. The van der Waals surface area contributed by atoms with Crippen molar-refractivity contribution in [1.29, 1.82) is 0 Å². The molecule has 17 heavy (non-hydrogen) atoms. The maximum Gasteiger partial charge on any atom is 0.164 e. The summed E-state index contributed by atoms with van der Waals surface area (Å²) in [6.45, 7) is 5.39. The minimum atomic E-state index is 0.104. The lowest BCUT2D eigenvalue weighted by Gasteiger charge is -2.34. The maximum absolute atomic E-state index is 11.8. The number of likely N-dealkylation sites (N-methyl/N-ethyl adjacent to an activating group) is 1. The summed E-state index contributed by atoms with van der Waals surface area (Å²) >= 11 is 0. The number of nitrogens with zero attached hydrogens (tertiary/aromatic N) is 2. The van der Waals surface area contributed by atoms with Gasteiger partial charge in [0.25, 0.3) is 0 Å². The van der Waals surface area contributed by atoms with E-state index in [0.29, 0.717) is 12.2 Å². The first-order valence-electron chi connectivity index (χ1n) is 6.30. The van der Waals surface area contributed by atoms with Crippen LogP contribution in [0, 0.1) is 0 Å². The van der Waals surface area contributed by atoms with Crippen LogP contribution in [0.3, 0.4) is 0 Å². The SMILES string of the molecule is CN(C)C(C)(C)Cn1ccc2c1CCCC2=O. The van der Waals surface area contributed by atoms with E-state index in [1.807, 2.05) is 6.07 Å². The van der Waals surface area contributed by atoms with Gasteiger partial charge in [-0.25, -0.2) is 0 Å². The average Bonchev–Trinajstić information content (AvgIpc) is 2.62. The Kier molecular flexibility index (Phi) is 3.13. The van der Waals surface area contributed by atoms with Crippen LogP contribution >= 0.6 is 0 Å². The molecule has 1 aromatic heterocycles. The highest BCUT2D eigenvalue weighted by molar-refractivity contribution is 5.98. The number of Topliss-reactive ketones (excluding diaryl/α,β-unsaturated/α-hetero) is 1. The molecule has 94 valence electrons. The van der Waals surface area contributed by atoms with Crippen LogP contribution in [0.5, 0.6) is 0 Å². The quantitative estimate of drug-likeness (QED) is 0.802. The molecule has 0 N–H and O–H groups in total. The molecule has 0 bridgehead atoms. The largest absolute Gasteiger partial charge is 0.349 e. The first-order valence-corrected chi connectivity index (χ1v) is 6.30. The molecule has 1 heterocycles. The number of hydrogen-bond acceptors (Lipinski definition) is 2. The molecule has 0 unspecified atom stereocenters. The molecule has 1 aliphatic rings. The third kappa shape index (κ3) is 2.29. The molecule has 1 aliphatic carbocycles. The zero-order valence-electron chi connectivity index (χ0n) is 11.3. The normalized spacial score (nSPS) is 16.4. The number of fused-ring (bicyclic) bond motifs is 1. The molecule has 0 amide bonds. The van der Waals surface area contributed by atoms with Crippen LogP contribution in [0.25, 0.3) is 0 Å². The summed E-state index contributed by atoms with van der Waals surface area (Å²) in [5.74, 6) is 0.313. The van der Waals surface area contributed by atoms with E-state index < -0.39 is 0 Å². The van der Waals surface area contributed by atoms with E-state index in [1.165, 1.54) is 5.69 Å². The minimum Gasteiger partial charge on any atom is -0.349 e. The van der Waals surface area contributed by atoms with E-state index in [4.69, 9.17) is 0 Å². The molecule has 0 saturated heterocycles. The number of carbonyl (C=O) groups excluding carboxylic acids is 1. The van der Waals surface area contributed by atoms with Crippen molar-refractivity contribution in [3.05, 3.63) is 23.5 Å². The molecule has 0 aliphatic heterocycles. The second-order valence-electron chi connectivity index (χ2n) is 5.79. The Hall–Kier alpha value is -1.09. The van der Waals surface area contributed by atoms with Gasteiger partial charge in [-0.2, -0.15) is 0 Å². The topological polar surface area (TPSA) is 25.2 Å². The summed E-state index contributed by atoms with van der Waals surface area (Å²) in [6.07, 6.45) is 4.82. The molecular weight excluding hydrogens is 212 g/mol. The summed E-state index contributed by atoms with van der Waals surface area (Å²) in [6, 6.07) is 1.99. The molecular formula is C14H22N2O. The smallest absolute Gasteiger partial charge is 0.164 e. The Morgan fingerprint density at radius 3 is 2.71 bits per heavy atom. The summed E-state index contributed by atoms with van der Waals surface area (Å²) in [7, 11) is 4.20. The molecule has 1 aromatic rings. The molecule has 0 spiro atoms. The van der Waals surface area contributed by atoms with Gasteiger partial charge in [-0.1, -0.05) is 0 Å². The van der Waals surface area contributed by atoms with Gasteiger partial charge in [-0.05, 0) is 46.9 Å². The summed E-state index contributed by atoms with van der Waals surface area (Å²) in [4.78, 5) is 14.0. The van der Waals surface area contributed by atoms with Crippen LogP contribution in [0.4, 0.5) is 0 Å². The predicted octanol–water partition coefficient (Wildman–Crippen LogP) is 2.35. The Balaban J connectivity index is 2.26. The van der Waals surface area contributed by atoms with Crippen LogP contribution in [0.1, 0.15) is 42.7 Å². The van der Waals surface area contributed by atoms with Crippen LogP contribution in [0.2, 0.25) is 0 Å². The summed E-state index contributed by atoms with van der Waals surface area (Å²) < 4.78 is 2.26. The van der Waals surface area contributed by atoms with E-state index in [1.54, 1.807) is 0 Å². The second-order valence-corrected chi connectivity index (χ2v) is 5.79. The van der Waals surface area contributed by atoms with Gasteiger partial charge in [0.1, 0.15) is 0 Å². The Bertz CT molecular complexity index is 429. The minimum absolute atomic E-state index is 0.104. The van der Waals surface area contributed by atoms with E-state index >= 15 is 0 Å². The summed E-state index contributed by atoms with van der Waals surface area (Å²) in [5, 5.41) is 0. The molecule has 0 radical (unpaired) electrons. The van der Waals surface area contributed by atoms with Crippen molar-refractivity contribution in [3.63, 3.8) is 0 Å². The van der Waals surface area contributed by atoms with Gasteiger partial charge < -0.3 is 9.47 Å². The number of aromatic nitrogens is 1. The highest BCUT2D eigenvalue weighted by atomic mass is 16.1. The standard InChI is InChI=1S/C14H22N2O/c1-14(2,15(3)4)10-16-9-8-11-12(16)6-5-7-13(11)17/h8-9H,5-7,10H2,1-4H3. The van der Waals surface area contributed by atoms with Crippen molar-refractivity contribution in [2.24, 2.45) is 0 Å². The summed E-state index contributed by atoms with van der Waals surface area (Å²) in [5.41, 5.74) is 2.29. The molecule has 0 atom stereocenters. The van der Waals surface area contributed by atoms with Crippen molar-refractivity contribution in [1.82, 2.24) is 9.47 Å². The predicted molar refractivity (Wildman–Crippen MR) is 69.5 cm³/mol. The molecule has 2 rings (SSSR count). The number of hydrogen-bond donors (Lipinski definition) is 0. The van der Waals surface area contributed by atoms with Crippen LogP contribution in [0.15, 0.2) is 12.3 Å². The van der Waals surface area contributed by atoms with Crippen molar-refractivity contribution >= 4 is 5.78 Å². The van der Waals surface area contributed by atoms with Gasteiger partial charge in [-0.3, -0.25) is 4.79 Å². The van der Waals surface area contributed by atoms with Gasteiger partial charge >= 0.3 is 0 Å². The van der Waals surface area contributed by atoms with Crippen LogP contribution in [-0.4, -0.2) is 34.9 Å². The van der Waals surface area contributed by atoms with Gasteiger partial charge in [-0.15, -0.1) is 0 Å². The van der Waals surface area contributed by atoms with Crippen molar-refractivity contribution in [2.45, 2.75) is 45.2 Å². The Morgan fingerprint density at radius 1 is 1.35 bits per heavy atom. The fourth-order valence-corrected chi connectivity index (χ4v) is 2.30. The zero-order valence-corrected chi connectivity index (χ0v) is 11.3. The first-order chi connectivity index (χ1) is 7.92. The number of rotatable bonds is 3. The van der Waals surface area contributed by atoms with Gasteiger partial charge in [0, 0.05) is 36.0 Å². The third-order valence-electron chi connectivity index (χ3n) is 3.96. The fourth-order valence-electron chi connectivity index (χ4n) is 2.30. The maximum atomic E-state index is 11.8. The van der Waals surface area contributed by atoms with Crippen molar-refractivity contribution < 1.29 is 4.79 Å². The Morgan fingerprint density at radius 2 is 2.06 bits per heavy atom. The first kappa shape index (κ1) is 12.4. The van der Waals surface area contributed by atoms with Gasteiger partial charge in [0.05, 0.1) is 0 Å². The number of ketones is 1. The van der Waals surface area contributed by atoms with Crippen LogP contribution < -0.4 is 0 Å². The molecule has 3 nitrogen and oxygen atoms in total. The fraction of sp³-hybridized carbons (Fsp3) is 0.643. The zero-order chi connectivity index (χ0) is 12.6. The second kappa shape index (κ2) is 4.30. The Labute approximate surface area is 103 Å². The van der Waals surface area contributed by atoms with E-state index in [2.05, 4.69) is 43.6 Å². The molecule has 0 saturated carbocycles. The molecule has 3 heteroatoms. The van der Waals surface area contributed by atoms with E-state index in [0.717, 1.165) is 24.9 Å². The van der Waals surface area contributed by atoms with Gasteiger partial charge in [0.2, 0.25) is 0 Å². The van der Waals surface area contributed by atoms with Gasteiger partial charge in [0.15, 0.2) is 5.78 Å². The molecule has 0 aromatic carbocycles. The lowest BCUT2D eigenvalue weighted by atomic mass is 9.96. The lowest BCUT2D eigenvalue weighted by Crippen LogP contribution is -2.42. The van der Waals surface area contributed by atoms with E-state index in [9.17, 15) is 4.79 Å². The van der Waals surface area contributed by atoms with Crippen LogP contribution in [-0.2, 0) is 13.0 Å². The van der Waals surface area contributed by atoms with Crippen molar-refractivity contribution in [3.8, 4) is 0 Å². The van der Waals surface area contributed by atoms with E-state index in [-0.39, 0.29) is 5.54 Å². The lowest BCUT2D eigenvalue weighted by molar-refractivity contribution is 0.0970. The number of carbonyl (C=O) groups is 1. The highest BCUT2D eigenvalue weighted by Gasteiger charge is 2.25. The van der Waals surface area contributed by atoms with Crippen molar-refractivity contribution in [2.75, 3.05) is 14.1 Å². The highest BCUT2D eigenvalue weighted by Crippen LogP contribution is 2.24.